The predicted molar refractivity (Wildman–Crippen MR) is 74.2 cm³/mol. The number of phenols is 1. The van der Waals surface area contributed by atoms with Crippen LogP contribution in [0.2, 0.25) is 0 Å². The van der Waals surface area contributed by atoms with Gasteiger partial charge >= 0.3 is 0 Å². The second-order valence-electron chi connectivity index (χ2n) is 3.80. The summed E-state index contributed by atoms with van der Waals surface area (Å²) >= 11 is 3.36. The van der Waals surface area contributed by atoms with Crippen LogP contribution < -0.4 is 0 Å². The highest BCUT2D eigenvalue weighted by molar-refractivity contribution is 9.10. The molecule has 0 saturated heterocycles. The van der Waals surface area contributed by atoms with Crippen LogP contribution in [0.5, 0.6) is 5.75 Å². The van der Waals surface area contributed by atoms with Crippen LogP contribution in [0.25, 0.3) is 0 Å². The van der Waals surface area contributed by atoms with Crippen LogP contribution in [-0.4, -0.2) is 11.3 Å². The summed E-state index contributed by atoms with van der Waals surface area (Å²) in [5.74, 6) is 0.226. The van der Waals surface area contributed by atoms with Crippen molar-refractivity contribution in [3.8, 4) is 5.75 Å². The number of rotatable bonds is 2. The lowest BCUT2D eigenvalue weighted by atomic mass is 10.2. The van der Waals surface area contributed by atoms with Crippen molar-refractivity contribution in [1.29, 1.82) is 0 Å². The molecule has 0 bridgehead atoms. The van der Waals surface area contributed by atoms with E-state index in [0.717, 1.165) is 10.2 Å². The molecule has 0 aromatic heterocycles. The lowest BCUT2D eigenvalue weighted by molar-refractivity contribution is 0.474. The third kappa shape index (κ3) is 3.17. The van der Waals surface area contributed by atoms with Gasteiger partial charge in [0, 0.05) is 16.3 Å². The van der Waals surface area contributed by atoms with E-state index in [1.807, 2.05) is 37.3 Å². The molecule has 0 heterocycles. The topological polar surface area (TPSA) is 32.6 Å². The molecule has 0 aliphatic heterocycles. The van der Waals surface area contributed by atoms with E-state index >= 15 is 0 Å². The normalized spacial score (nSPS) is 10.9. The molecule has 0 saturated carbocycles. The van der Waals surface area contributed by atoms with Crippen LogP contribution in [0.15, 0.2) is 51.9 Å². The summed E-state index contributed by atoms with van der Waals surface area (Å²) in [6.45, 7) is 2.04. The van der Waals surface area contributed by atoms with Crippen LogP contribution >= 0.6 is 15.9 Å². The minimum atomic E-state index is 0.226. The van der Waals surface area contributed by atoms with Crippen molar-refractivity contribution < 1.29 is 5.11 Å². The Kier molecular flexibility index (Phi) is 3.59. The molecule has 0 fully saturated rings. The van der Waals surface area contributed by atoms with Gasteiger partial charge in [0.25, 0.3) is 0 Å². The molecule has 86 valence electrons. The molecule has 3 heteroatoms. The number of hydrogen-bond acceptors (Lipinski definition) is 2. The van der Waals surface area contributed by atoms with E-state index in [4.69, 9.17) is 0 Å². The number of nitrogens with zero attached hydrogens (tertiary/aromatic N) is 1. The van der Waals surface area contributed by atoms with Gasteiger partial charge in [-0.25, -0.2) is 0 Å². The number of aromatic hydroxyl groups is 1. The minimum Gasteiger partial charge on any atom is -0.507 e. The molecule has 2 aromatic rings. The van der Waals surface area contributed by atoms with Crippen LogP contribution in [-0.2, 0) is 0 Å². The van der Waals surface area contributed by atoms with Crippen molar-refractivity contribution in [3.05, 3.63) is 58.1 Å². The van der Waals surface area contributed by atoms with Gasteiger partial charge < -0.3 is 5.11 Å². The molecule has 0 spiro atoms. The van der Waals surface area contributed by atoms with Crippen LogP contribution in [0, 0.1) is 6.92 Å². The van der Waals surface area contributed by atoms with E-state index in [-0.39, 0.29) is 5.75 Å². The van der Waals surface area contributed by atoms with E-state index in [0.29, 0.717) is 5.56 Å². The molecule has 0 atom stereocenters. The first-order chi connectivity index (χ1) is 8.15. The van der Waals surface area contributed by atoms with Gasteiger partial charge in [-0.05, 0) is 37.3 Å². The van der Waals surface area contributed by atoms with E-state index < -0.39 is 0 Å². The summed E-state index contributed by atoms with van der Waals surface area (Å²) in [4.78, 5) is 4.31. The molecule has 2 nitrogen and oxygen atoms in total. The molecule has 0 aliphatic rings. The Bertz CT molecular complexity index is 547. The summed E-state index contributed by atoms with van der Waals surface area (Å²) < 4.78 is 0.917. The fraction of sp³-hybridized carbons (Fsp3) is 0.0714. The molecule has 0 aliphatic carbocycles. The van der Waals surface area contributed by atoms with Gasteiger partial charge in [0.05, 0.1) is 5.69 Å². The zero-order valence-corrected chi connectivity index (χ0v) is 11.0. The lowest BCUT2D eigenvalue weighted by Crippen LogP contribution is -1.82. The minimum absolute atomic E-state index is 0.226. The van der Waals surface area contributed by atoms with Crippen molar-refractivity contribution in [2.24, 2.45) is 4.99 Å². The molecular weight excluding hydrogens is 278 g/mol. The highest BCUT2D eigenvalue weighted by atomic mass is 79.9. The zero-order chi connectivity index (χ0) is 12.3. The third-order valence-electron chi connectivity index (χ3n) is 2.38. The highest BCUT2D eigenvalue weighted by Crippen LogP contribution is 2.21. The second kappa shape index (κ2) is 5.15. The van der Waals surface area contributed by atoms with Crippen LogP contribution in [0.3, 0.4) is 0 Å². The largest absolute Gasteiger partial charge is 0.507 e. The van der Waals surface area contributed by atoms with Crippen molar-refractivity contribution in [3.63, 3.8) is 0 Å². The summed E-state index contributed by atoms with van der Waals surface area (Å²) in [6, 6.07) is 13.2. The van der Waals surface area contributed by atoms with Crippen LogP contribution in [0.4, 0.5) is 5.69 Å². The summed E-state index contributed by atoms with van der Waals surface area (Å²) in [5, 5.41) is 9.65. The first-order valence-electron chi connectivity index (χ1n) is 5.24. The van der Waals surface area contributed by atoms with Gasteiger partial charge in [-0.3, -0.25) is 4.99 Å². The first kappa shape index (κ1) is 11.9. The van der Waals surface area contributed by atoms with E-state index in [1.54, 1.807) is 18.3 Å². The van der Waals surface area contributed by atoms with Gasteiger partial charge in [-0.15, -0.1) is 0 Å². The Morgan fingerprint density at radius 3 is 2.53 bits per heavy atom. The molecular formula is C14H12BrNO. The van der Waals surface area contributed by atoms with Gasteiger partial charge in [-0.1, -0.05) is 33.6 Å². The number of hydrogen-bond donors (Lipinski definition) is 1. The molecule has 2 rings (SSSR count). The fourth-order valence-electron chi connectivity index (χ4n) is 1.40. The molecule has 0 unspecified atom stereocenters. The van der Waals surface area contributed by atoms with E-state index in [9.17, 15) is 5.11 Å². The molecule has 2 aromatic carbocycles. The quantitative estimate of drug-likeness (QED) is 0.825. The van der Waals surface area contributed by atoms with Crippen molar-refractivity contribution in [2.75, 3.05) is 0 Å². The number of aliphatic imine (C=N–C) groups is 1. The second-order valence-corrected chi connectivity index (χ2v) is 4.71. The van der Waals surface area contributed by atoms with Gasteiger partial charge in [0.15, 0.2) is 0 Å². The molecule has 0 radical (unpaired) electrons. The standard InChI is InChI=1S/C14H12BrNO/c1-10-2-5-13(6-3-10)16-9-11-8-12(15)4-7-14(11)17/h2-9,17H,1H3. The number of aryl methyl sites for hydroxylation is 1. The van der Waals surface area contributed by atoms with Gasteiger partial charge in [0.2, 0.25) is 0 Å². The highest BCUT2D eigenvalue weighted by Gasteiger charge is 1.98. The van der Waals surface area contributed by atoms with Gasteiger partial charge in [-0.2, -0.15) is 0 Å². The lowest BCUT2D eigenvalue weighted by Gasteiger charge is -1.99. The third-order valence-corrected chi connectivity index (χ3v) is 2.87. The van der Waals surface area contributed by atoms with Crippen molar-refractivity contribution in [2.45, 2.75) is 6.92 Å². The number of benzene rings is 2. The first-order valence-corrected chi connectivity index (χ1v) is 6.04. The molecule has 1 N–H and O–H groups in total. The molecule has 17 heavy (non-hydrogen) atoms. The van der Waals surface area contributed by atoms with E-state index in [1.165, 1.54) is 5.56 Å². The average Bonchev–Trinajstić information content (AvgIpc) is 2.32. The summed E-state index contributed by atoms with van der Waals surface area (Å²) in [7, 11) is 0. The maximum Gasteiger partial charge on any atom is 0.124 e. The number of phenolic OH excluding ortho intramolecular Hbond substituents is 1. The maximum absolute atomic E-state index is 9.65. The Morgan fingerprint density at radius 2 is 1.82 bits per heavy atom. The average molecular weight is 290 g/mol. The number of halogens is 1. The van der Waals surface area contributed by atoms with Crippen molar-refractivity contribution >= 4 is 27.8 Å². The zero-order valence-electron chi connectivity index (χ0n) is 9.39. The SMILES string of the molecule is Cc1ccc(N=Cc2cc(Br)ccc2O)cc1. The van der Waals surface area contributed by atoms with E-state index in [2.05, 4.69) is 20.9 Å². The smallest absolute Gasteiger partial charge is 0.124 e. The molecule has 0 amide bonds. The van der Waals surface area contributed by atoms with Gasteiger partial charge in [0.1, 0.15) is 5.75 Å². The summed E-state index contributed by atoms with van der Waals surface area (Å²) in [6.07, 6.45) is 1.66. The predicted octanol–water partition coefficient (Wildman–Crippen LogP) is 4.21. The Morgan fingerprint density at radius 1 is 1.12 bits per heavy atom. The monoisotopic (exact) mass is 289 g/mol. The fourth-order valence-corrected chi connectivity index (χ4v) is 1.78. The Balaban J connectivity index is 2.25. The Hall–Kier alpha value is -1.61. The maximum atomic E-state index is 9.65. The Labute approximate surface area is 109 Å². The van der Waals surface area contributed by atoms with Crippen LogP contribution in [0.1, 0.15) is 11.1 Å². The summed E-state index contributed by atoms with van der Waals surface area (Å²) in [5.41, 5.74) is 2.77. The van der Waals surface area contributed by atoms with Crippen molar-refractivity contribution in [1.82, 2.24) is 0 Å².